The van der Waals surface area contributed by atoms with Crippen LogP contribution in [0.1, 0.15) is 19.0 Å². The zero-order valence-electron chi connectivity index (χ0n) is 16.1. The van der Waals surface area contributed by atoms with E-state index in [0.29, 0.717) is 10.8 Å². The van der Waals surface area contributed by atoms with Crippen LogP contribution in [0.15, 0.2) is 65.8 Å². The van der Waals surface area contributed by atoms with Crippen molar-refractivity contribution in [2.45, 2.75) is 26.3 Å². The number of anilines is 2. The Morgan fingerprint density at radius 2 is 1.72 bits per heavy atom. The third kappa shape index (κ3) is 3.95. The fraction of sp³-hybridized carbons (Fsp3) is 0.182. The molecule has 0 aliphatic carbocycles. The summed E-state index contributed by atoms with van der Waals surface area (Å²) in [5.41, 5.74) is 3.03. The number of nitrogens with one attached hydrogen (secondary N) is 1. The molecule has 1 N–H and O–H groups in total. The van der Waals surface area contributed by atoms with Crippen LogP contribution in [0.3, 0.4) is 0 Å². The molecule has 6 nitrogen and oxygen atoms in total. The molecule has 1 aliphatic heterocycles. The predicted molar refractivity (Wildman–Crippen MR) is 116 cm³/mol. The Kier molecular flexibility index (Phi) is 5.22. The number of Topliss-reactive ketones (excluding diaryl/α,β-unsaturated/α-hetero) is 1. The van der Waals surface area contributed by atoms with Crippen molar-refractivity contribution in [1.82, 2.24) is 4.98 Å². The number of aromatic nitrogens is 1. The molecule has 2 heterocycles. The number of thiazole rings is 1. The van der Waals surface area contributed by atoms with Gasteiger partial charge in [0.05, 0.1) is 16.3 Å². The largest absolute Gasteiger partial charge is 0.298 e. The molecule has 0 fully saturated rings. The average Bonchev–Trinajstić information content (AvgIpc) is 3.33. The van der Waals surface area contributed by atoms with Crippen molar-refractivity contribution in [2.75, 3.05) is 10.3 Å². The second-order valence-corrected chi connectivity index (χ2v) is 7.81. The van der Waals surface area contributed by atoms with E-state index in [1.165, 1.54) is 18.3 Å². The second kappa shape index (κ2) is 7.97. The van der Waals surface area contributed by atoms with E-state index in [2.05, 4.69) is 15.4 Å². The minimum absolute atomic E-state index is 0.0307. The molecule has 4 rings (SSSR count). The Labute approximate surface area is 172 Å². The molecule has 0 bridgehead atoms. The lowest BCUT2D eigenvalue weighted by atomic mass is 10.1. The third-order valence-corrected chi connectivity index (χ3v) is 5.84. The van der Waals surface area contributed by atoms with Gasteiger partial charge in [0.25, 0.3) is 5.91 Å². The minimum atomic E-state index is -0.476. The lowest BCUT2D eigenvalue weighted by Gasteiger charge is -2.20. The molecule has 0 saturated carbocycles. The first-order chi connectivity index (χ1) is 14.0. The van der Waals surface area contributed by atoms with Gasteiger partial charge in [-0.1, -0.05) is 59.9 Å². The zero-order valence-corrected chi connectivity index (χ0v) is 16.9. The molecule has 3 aromatic rings. The van der Waals surface area contributed by atoms with Crippen molar-refractivity contribution in [3.05, 3.63) is 66.4 Å². The number of hydrogen-bond acceptors (Lipinski definition) is 6. The van der Waals surface area contributed by atoms with Gasteiger partial charge in [0.1, 0.15) is 11.8 Å². The normalized spacial score (nSPS) is 15.9. The van der Waals surface area contributed by atoms with Gasteiger partial charge in [-0.05, 0) is 31.5 Å². The molecule has 1 amide bonds. The summed E-state index contributed by atoms with van der Waals surface area (Å²) in [5.74, 6) is -0.361. The van der Waals surface area contributed by atoms with Crippen molar-refractivity contribution in [2.24, 2.45) is 5.10 Å². The van der Waals surface area contributed by atoms with Crippen molar-refractivity contribution in [1.29, 1.82) is 0 Å². The van der Waals surface area contributed by atoms with Gasteiger partial charge in [-0.3, -0.25) is 19.9 Å². The quantitative estimate of drug-likeness (QED) is 0.689. The molecule has 7 heteroatoms. The smallest absolute Gasteiger partial charge is 0.273 e. The average molecular weight is 404 g/mol. The molecule has 1 unspecified atom stereocenters. The van der Waals surface area contributed by atoms with Crippen LogP contribution in [-0.2, 0) is 9.59 Å². The molecule has 2 aromatic carbocycles. The molecule has 0 saturated heterocycles. The van der Waals surface area contributed by atoms with Gasteiger partial charge in [0.2, 0.25) is 0 Å². The van der Waals surface area contributed by atoms with E-state index in [0.717, 1.165) is 21.8 Å². The zero-order chi connectivity index (χ0) is 20.4. The Hall–Kier alpha value is -3.32. The monoisotopic (exact) mass is 404 g/mol. The van der Waals surface area contributed by atoms with E-state index in [1.54, 1.807) is 5.01 Å². The highest BCUT2D eigenvalue weighted by Crippen LogP contribution is 2.33. The van der Waals surface area contributed by atoms with Gasteiger partial charge in [-0.15, -0.1) is 0 Å². The Balaban J connectivity index is 1.55. The van der Waals surface area contributed by atoms with Crippen LogP contribution in [0, 0.1) is 6.92 Å². The number of aryl methyl sites for hydroxylation is 1. The van der Waals surface area contributed by atoms with Crippen LogP contribution in [0.2, 0.25) is 0 Å². The molecular weight excluding hydrogens is 384 g/mol. The molecule has 1 aliphatic rings. The maximum atomic E-state index is 12.8. The highest BCUT2D eigenvalue weighted by Gasteiger charge is 2.34. The number of hydrogen-bond donors (Lipinski definition) is 1. The number of ketones is 1. The van der Waals surface area contributed by atoms with Crippen molar-refractivity contribution in [3.8, 4) is 10.4 Å². The van der Waals surface area contributed by atoms with Gasteiger partial charge in [-0.25, -0.2) is 4.98 Å². The van der Waals surface area contributed by atoms with Gasteiger partial charge < -0.3 is 0 Å². The number of rotatable bonds is 5. The summed E-state index contributed by atoms with van der Waals surface area (Å²) in [6.07, 6.45) is 0.270. The first kappa shape index (κ1) is 19.0. The van der Waals surface area contributed by atoms with E-state index in [1.807, 2.05) is 67.6 Å². The highest BCUT2D eigenvalue weighted by molar-refractivity contribution is 7.19. The van der Waals surface area contributed by atoms with Crippen molar-refractivity contribution >= 4 is 39.6 Å². The lowest BCUT2D eigenvalue weighted by molar-refractivity contribution is -0.118. The molecular formula is C22H20N4O2S. The summed E-state index contributed by atoms with van der Waals surface area (Å²) in [5, 5.41) is 9.43. The molecule has 29 heavy (non-hydrogen) atoms. The molecule has 1 atom stereocenters. The Morgan fingerprint density at radius 3 is 2.38 bits per heavy atom. The number of para-hydroxylation sites is 1. The first-order valence-corrected chi connectivity index (χ1v) is 10.1. The summed E-state index contributed by atoms with van der Waals surface area (Å²) in [6, 6.07) is 18.9. The maximum Gasteiger partial charge on any atom is 0.273 e. The van der Waals surface area contributed by atoms with Gasteiger partial charge in [0, 0.05) is 6.42 Å². The first-order valence-electron chi connectivity index (χ1n) is 9.29. The summed E-state index contributed by atoms with van der Waals surface area (Å²) >= 11 is 1.43. The van der Waals surface area contributed by atoms with Gasteiger partial charge in [-0.2, -0.15) is 5.10 Å². The SMILES string of the molecule is CC(=O)C1CC(C(=O)Nc2nc(C)c(-c3ccccc3)s2)=NN1c1ccccc1. The summed E-state index contributed by atoms with van der Waals surface area (Å²) < 4.78 is 0. The molecule has 1 aromatic heterocycles. The van der Waals surface area contributed by atoms with E-state index >= 15 is 0 Å². The Morgan fingerprint density at radius 1 is 1.07 bits per heavy atom. The molecule has 0 radical (unpaired) electrons. The van der Waals surface area contributed by atoms with Crippen LogP contribution < -0.4 is 10.3 Å². The molecule has 0 spiro atoms. The standard InChI is InChI=1S/C22H20N4O2S/c1-14-20(16-9-5-3-6-10-16)29-22(23-14)24-21(28)18-13-19(15(2)27)26(25-18)17-11-7-4-8-12-17/h3-12,19H,13H2,1-2H3,(H,23,24,28). The lowest BCUT2D eigenvalue weighted by Crippen LogP contribution is -2.33. The van der Waals surface area contributed by atoms with Gasteiger partial charge >= 0.3 is 0 Å². The summed E-state index contributed by atoms with van der Waals surface area (Å²) in [7, 11) is 0. The summed E-state index contributed by atoms with van der Waals surface area (Å²) in [4.78, 5) is 30.4. The summed E-state index contributed by atoms with van der Waals surface area (Å²) in [6.45, 7) is 3.44. The van der Waals surface area contributed by atoms with Crippen LogP contribution in [-0.4, -0.2) is 28.4 Å². The molecule has 146 valence electrons. The van der Waals surface area contributed by atoms with E-state index in [-0.39, 0.29) is 18.1 Å². The fourth-order valence-corrected chi connectivity index (χ4v) is 4.23. The fourth-order valence-electron chi connectivity index (χ4n) is 3.26. The van der Waals surface area contributed by atoms with Gasteiger partial charge in [0.15, 0.2) is 10.9 Å². The number of carbonyl (C=O) groups excluding carboxylic acids is 2. The number of nitrogens with zero attached hydrogens (tertiary/aromatic N) is 3. The number of hydrazone groups is 1. The van der Waals surface area contributed by atoms with Crippen LogP contribution in [0.25, 0.3) is 10.4 Å². The van der Waals surface area contributed by atoms with Crippen molar-refractivity contribution in [3.63, 3.8) is 0 Å². The third-order valence-electron chi connectivity index (χ3n) is 4.72. The second-order valence-electron chi connectivity index (χ2n) is 6.81. The number of benzene rings is 2. The topological polar surface area (TPSA) is 74.7 Å². The highest BCUT2D eigenvalue weighted by atomic mass is 32.1. The number of carbonyl (C=O) groups is 2. The van der Waals surface area contributed by atoms with Crippen LogP contribution in [0.4, 0.5) is 10.8 Å². The van der Waals surface area contributed by atoms with Crippen molar-refractivity contribution < 1.29 is 9.59 Å². The van der Waals surface area contributed by atoms with E-state index in [9.17, 15) is 9.59 Å². The van der Waals surface area contributed by atoms with Crippen LogP contribution in [0.5, 0.6) is 0 Å². The Bertz CT molecular complexity index is 1080. The number of amides is 1. The van der Waals surface area contributed by atoms with Crippen LogP contribution >= 0.6 is 11.3 Å². The van der Waals surface area contributed by atoms with E-state index in [4.69, 9.17) is 0 Å². The minimum Gasteiger partial charge on any atom is -0.298 e. The predicted octanol–water partition coefficient (Wildman–Crippen LogP) is 4.28. The van der Waals surface area contributed by atoms with E-state index < -0.39 is 6.04 Å². The maximum absolute atomic E-state index is 12.8.